The van der Waals surface area contributed by atoms with Gasteiger partial charge in [-0.05, 0) is 18.2 Å². The van der Waals surface area contributed by atoms with E-state index < -0.39 is 0 Å². The predicted molar refractivity (Wildman–Crippen MR) is 55.0 cm³/mol. The molecule has 15 heavy (non-hydrogen) atoms. The molecule has 0 aliphatic heterocycles. The molecule has 75 valence electrons. The third-order valence-corrected chi connectivity index (χ3v) is 2.07. The van der Waals surface area contributed by atoms with Crippen molar-refractivity contribution in [1.82, 2.24) is 4.98 Å². The van der Waals surface area contributed by atoms with Crippen LogP contribution in [0.3, 0.4) is 0 Å². The van der Waals surface area contributed by atoms with E-state index in [0.29, 0.717) is 17.0 Å². The summed E-state index contributed by atoms with van der Waals surface area (Å²) in [4.78, 5) is 4.03. The van der Waals surface area contributed by atoms with Crippen molar-refractivity contribution in [3.05, 3.63) is 48.4 Å². The standard InChI is InChI=1S/C12H9FNO/c1-15-9-5-6-10(11(13)8-9)12-4-2-3-7-14-12/h2,4-8H,1H3. The second-order valence-corrected chi connectivity index (χ2v) is 2.99. The summed E-state index contributed by atoms with van der Waals surface area (Å²) in [6.07, 6.45) is 1.51. The number of ether oxygens (including phenoxy) is 1. The average Bonchev–Trinajstić information content (AvgIpc) is 2.30. The lowest BCUT2D eigenvalue weighted by Gasteiger charge is -2.04. The van der Waals surface area contributed by atoms with Crippen molar-refractivity contribution in [2.45, 2.75) is 0 Å². The number of hydrogen-bond acceptors (Lipinski definition) is 2. The summed E-state index contributed by atoms with van der Waals surface area (Å²) >= 11 is 0. The van der Waals surface area contributed by atoms with E-state index in [2.05, 4.69) is 11.1 Å². The molecule has 1 aromatic carbocycles. The molecule has 3 heteroatoms. The Morgan fingerprint density at radius 2 is 2.20 bits per heavy atom. The zero-order valence-corrected chi connectivity index (χ0v) is 8.20. The van der Waals surface area contributed by atoms with E-state index in [1.165, 1.54) is 19.4 Å². The number of halogens is 1. The summed E-state index contributed by atoms with van der Waals surface area (Å²) in [5, 5.41) is 0. The summed E-state index contributed by atoms with van der Waals surface area (Å²) < 4.78 is 18.5. The van der Waals surface area contributed by atoms with Crippen molar-refractivity contribution in [3.63, 3.8) is 0 Å². The Morgan fingerprint density at radius 3 is 2.80 bits per heavy atom. The van der Waals surface area contributed by atoms with Crippen LogP contribution in [0.2, 0.25) is 0 Å². The molecule has 1 heterocycles. The Labute approximate surface area is 87.4 Å². The van der Waals surface area contributed by atoms with Crippen LogP contribution in [-0.4, -0.2) is 12.1 Å². The molecule has 2 nitrogen and oxygen atoms in total. The fraction of sp³-hybridized carbons (Fsp3) is 0.0833. The topological polar surface area (TPSA) is 22.1 Å². The van der Waals surface area contributed by atoms with Crippen LogP contribution in [0.1, 0.15) is 0 Å². The summed E-state index contributed by atoms with van der Waals surface area (Å²) in [6.45, 7) is 0. The summed E-state index contributed by atoms with van der Waals surface area (Å²) in [5.41, 5.74) is 1.05. The first-order valence-electron chi connectivity index (χ1n) is 4.47. The number of benzene rings is 1. The molecule has 2 rings (SSSR count). The minimum atomic E-state index is -0.340. The van der Waals surface area contributed by atoms with Gasteiger partial charge >= 0.3 is 0 Å². The first kappa shape index (κ1) is 9.65. The average molecular weight is 202 g/mol. The highest BCUT2D eigenvalue weighted by Gasteiger charge is 2.06. The monoisotopic (exact) mass is 202 g/mol. The Morgan fingerprint density at radius 1 is 1.33 bits per heavy atom. The maximum atomic E-state index is 13.6. The van der Waals surface area contributed by atoms with Gasteiger partial charge in [0, 0.05) is 23.9 Å². The second kappa shape index (κ2) is 4.09. The zero-order chi connectivity index (χ0) is 10.7. The summed E-state index contributed by atoms with van der Waals surface area (Å²) in [6, 6.07) is 10.9. The summed E-state index contributed by atoms with van der Waals surface area (Å²) in [7, 11) is 1.50. The van der Waals surface area contributed by atoms with E-state index >= 15 is 0 Å². The molecule has 0 amide bonds. The minimum absolute atomic E-state index is 0.340. The Bertz CT molecular complexity index is 456. The van der Waals surface area contributed by atoms with Crippen LogP contribution >= 0.6 is 0 Å². The third-order valence-electron chi connectivity index (χ3n) is 2.07. The molecular formula is C12H9FNO. The molecule has 0 aliphatic rings. The molecule has 0 fully saturated rings. The Kier molecular flexibility index (Phi) is 2.63. The van der Waals surface area contributed by atoms with Gasteiger partial charge in [-0.3, -0.25) is 4.98 Å². The van der Waals surface area contributed by atoms with Crippen LogP contribution in [0.5, 0.6) is 5.75 Å². The highest BCUT2D eigenvalue weighted by Crippen LogP contribution is 2.24. The van der Waals surface area contributed by atoms with Crippen LogP contribution in [0.15, 0.2) is 36.5 Å². The van der Waals surface area contributed by atoms with Crippen molar-refractivity contribution in [2.24, 2.45) is 0 Å². The van der Waals surface area contributed by atoms with E-state index in [0.717, 1.165) is 0 Å². The van der Waals surface area contributed by atoms with Gasteiger partial charge in [0.1, 0.15) is 11.6 Å². The predicted octanol–water partition coefficient (Wildman–Crippen LogP) is 2.70. The van der Waals surface area contributed by atoms with Crippen LogP contribution in [0.4, 0.5) is 4.39 Å². The maximum Gasteiger partial charge on any atom is 0.136 e. The molecule has 0 unspecified atom stereocenters. The molecule has 0 spiro atoms. The number of methoxy groups -OCH3 is 1. The van der Waals surface area contributed by atoms with Crippen LogP contribution in [-0.2, 0) is 0 Å². The van der Waals surface area contributed by atoms with Gasteiger partial charge in [0.2, 0.25) is 0 Å². The highest BCUT2D eigenvalue weighted by atomic mass is 19.1. The molecule has 0 atom stereocenters. The lowest BCUT2D eigenvalue weighted by molar-refractivity contribution is 0.411. The van der Waals surface area contributed by atoms with E-state index in [-0.39, 0.29) is 5.82 Å². The Balaban J connectivity index is 2.46. The van der Waals surface area contributed by atoms with Crippen molar-refractivity contribution in [2.75, 3.05) is 7.11 Å². The maximum absolute atomic E-state index is 13.6. The van der Waals surface area contributed by atoms with Gasteiger partial charge < -0.3 is 4.74 Å². The van der Waals surface area contributed by atoms with Gasteiger partial charge in [0.05, 0.1) is 12.8 Å². The molecule has 1 radical (unpaired) electrons. The van der Waals surface area contributed by atoms with Crippen LogP contribution in [0.25, 0.3) is 11.3 Å². The van der Waals surface area contributed by atoms with Gasteiger partial charge in [0.25, 0.3) is 0 Å². The zero-order valence-electron chi connectivity index (χ0n) is 8.20. The third kappa shape index (κ3) is 1.96. The first-order chi connectivity index (χ1) is 7.31. The largest absolute Gasteiger partial charge is 0.497 e. The molecule has 0 saturated carbocycles. The second-order valence-electron chi connectivity index (χ2n) is 2.99. The molecule has 0 aliphatic carbocycles. The quantitative estimate of drug-likeness (QED) is 0.747. The van der Waals surface area contributed by atoms with Gasteiger partial charge in [-0.2, -0.15) is 0 Å². The van der Waals surface area contributed by atoms with Gasteiger partial charge in [-0.15, -0.1) is 0 Å². The number of nitrogens with zero attached hydrogens (tertiary/aromatic N) is 1. The Hall–Kier alpha value is -1.90. The van der Waals surface area contributed by atoms with Crippen molar-refractivity contribution >= 4 is 0 Å². The van der Waals surface area contributed by atoms with Crippen molar-refractivity contribution < 1.29 is 9.13 Å². The number of rotatable bonds is 2. The lowest BCUT2D eigenvalue weighted by Crippen LogP contribution is -1.89. The van der Waals surface area contributed by atoms with E-state index in [1.54, 1.807) is 24.3 Å². The SMILES string of the molecule is COc1ccc(-c2cc[c]cn2)c(F)c1. The van der Waals surface area contributed by atoms with Gasteiger partial charge in [-0.1, -0.05) is 6.07 Å². The fourth-order valence-electron chi connectivity index (χ4n) is 1.31. The first-order valence-corrected chi connectivity index (χ1v) is 4.47. The van der Waals surface area contributed by atoms with E-state index in [9.17, 15) is 4.39 Å². The van der Waals surface area contributed by atoms with Crippen molar-refractivity contribution in [1.29, 1.82) is 0 Å². The number of pyridine rings is 1. The lowest BCUT2D eigenvalue weighted by atomic mass is 10.1. The van der Waals surface area contributed by atoms with Crippen LogP contribution in [0, 0.1) is 11.9 Å². The number of aromatic nitrogens is 1. The van der Waals surface area contributed by atoms with E-state index in [4.69, 9.17) is 4.74 Å². The molecular weight excluding hydrogens is 193 g/mol. The van der Waals surface area contributed by atoms with Gasteiger partial charge in [-0.25, -0.2) is 4.39 Å². The summed E-state index contributed by atoms with van der Waals surface area (Å²) in [5.74, 6) is 0.159. The normalized spacial score (nSPS) is 10.0. The fourth-order valence-corrected chi connectivity index (χ4v) is 1.31. The molecule has 1 aromatic heterocycles. The molecule has 0 bridgehead atoms. The number of hydrogen-bond donors (Lipinski definition) is 0. The molecule has 2 aromatic rings. The smallest absolute Gasteiger partial charge is 0.136 e. The van der Waals surface area contributed by atoms with Crippen LogP contribution < -0.4 is 4.74 Å². The van der Waals surface area contributed by atoms with E-state index in [1.807, 2.05) is 0 Å². The minimum Gasteiger partial charge on any atom is -0.497 e. The highest BCUT2D eigenvalue weighted by molar-refractivity contribution is 5.60. The molecule has 0 N–H and O–H groups in total. The van der Waals surface area contributed by atoms with Gasteiger partial charge in [0.15, 0.2) is 0 Å². The van der Waals surface area contributed by atoms with Crippen molar-refractivity contribution in [3.8, 4) is 17.0 Å². The molecule has 0 saturated heterocycles.